The van der Waals surface area contributed by atoms with Crippen LogP contribution in [0.2, 0.25) is 0 Å². The van der Waals surface area contributed by atoms with Crippen molar-refractivity contribution >= 4 is 16.7 Å². The second-order valence-corrected chi connectivity index (χ2v) is 5.91. The van der Waals surface area contributed by atoms with Crippen LogP contribution in [0.5, 0.6) is 11.5 Å². The zero-order chi connectivity index (χ0) is 18.5. The Morgan fingerprint density at radius 1 is 1.08 bits per heavy atom. The molecule has 0 saturated carbocycles. The van der Waals surface area contributed by atoms with Crippen LogP contribution in [0.25, 0.3) is 10.9 Å². The van der Waals surface area contributed by atoms with Crippen molar-refractivity contribution in [2.75, 3.05) is 25.7 Å². The number of aromatic nitrogens is 2. The molecule has 0 amide bonds. The number of para-hydroxylation sites is 1. The molecule has 6 heteroatoms. The van der Waals surface area contributed by atoms with Gasteiger partial charge in [-0.3, -0.25) is 0 Å². The molecule has 1 heterocycles. The van der Waals surface area contributed by atoms with Gasteiger partial charge in [0.15, 0.2) is 17.3 Å². The van der Waals surface area contributed by atoms with Crippen molar-refractivity contribution in [3.63, 3.8) is 0 Å². The van der Waals surface area contributed by atoms with E-state index in [1.165, 1.54) is 0 Å². The highest BCUT2D eigenvalue weighted by Crippen LogP contribution is 2.30. The number of ether oxygens (including phenoxy) is 2. The summed E-state index contributed by atoms with van der Waals surface area (Å²) in [4.78, 5) is 10.9. The van der Waals surface area contributed by atoms with Crippen molar-refractivity contribution < 1.29 is 14.6 Å². The van der Waals surface area contributed by atoms with Crippen LogP contribution >= 0.6 is 0 Å². The summed E-state index contributed by atoms with van der Waals surface area (Å²) in [7, 11) is 3.60. The molecule has 3 rings (SSSR count). The molecule has 0 radical (unpaired) electrons. The average molecular weight is 353 g/mol. The first-order chi connectivity index (χ1) is 12.7. The lowest BCUT2D eigenvalue weighted by atomic mass is 10.1. The van der Waals surface area contributed by atoms with Crippen molar-refractivity contribution in [2.24, 2.45) is 0 Å². The third-order valence-electron chi connectivity index (χ3n) is 4.08. The van der Waals surface area contributed by atoms with E-state index in [-0.39, 0.29) is 6.61 Å². The van der Waals surface area contributed by atoms with Gasteiger partial charge < -0.3 is 19.5 Å². The molecule has 2 aromatic carbocycles. The van der Waals surface area contributed by atoms with Gasteiger partial charge in [-0.15, -0.1) is 0 Å². The van der Waals surface area contributed by atoms with Gasteiger partial charge in [0.1, 0.15) is 12.4 Å². The zero-order valence-electron chi connectivity index (χ0n) is 15.3. The van der Waals surface area contributed by atoms with Crippen LogP contribution in [0.4, 0.5) is 5.82 Å². The third kappa shape index (κ3) is 3.70. The lowest BCUT2D eigenvalue weighted by Crippen LogP contribution is -2.19. The quantitative estimate of drug-likeness (QED) is 0.704. The molecule has 0 saturated heterocycles. The summed E-state index contributed by atoms with van der Waals surface area (Å²) in [5.41, 5.74) is 1.89. The van der Waals surface area contributed by atoms with Crippen molar-refractivity contribution in [1.82, 2.24) is 9.97 Å². The fourth-order valence-electron chi connectivity index (χ4n) is 2.90. The molecule has 136 valence electrons. The first-order valence-electron chi connectivity index (χ1n) is 8.53. The monoisotopic (exact) mass is 353 g/mol. The minimum absolute atomic E-state index is 0.192. The van der Waals surface area contributed by atoms with Gasteiger partial charge in [-0.1, -0.05) is 18.2 Å². The van der Waals surface area contributed by atoms with Gasteiger partial charge in [-0.2, -0.15) is 0 Å². The lowest BCUT2D eigenvalue weighted by molar-refractivity contribution is 0.272. The van der Waals surface area contributed by atoms with Gasteiger partial charge in [0.2, 0.25) is 0 Å². The molecule has 0 fully saturated rings. The average Bonchev–Trinajstić information content (AvgIpc) is 2.67. The Kier molecular flexibility index (Phi) is 5.53. The summed E-state index contributed by atoms with van der Waals surface area (Å²) in [5, 5.41) is 10.4. The Bertz CT molecular complexity index is 899. The predicted octanol–water partition coefficient (Wildman–Crippen LogP) is 3.17. The Morgan fingerprint density at radius 2 is 1.88 bits per heavy atom. The van der Waals surface area contributed by atoms with E-state index in [1.807, 2.05) is 61.3 Å². The van der Waals surface area contributed by atoms with Crippen LogP contribution < -0.4 is 14.4 Å². The molecule has 0 spiro atoms. The highest BCUT2D eigenvalue weighted by Gasteiger charge is 2.13. The normalized spacial score (nSPS) is 10.8. The van der Waals surface area contributed by atoms with E-state index in [2.05, 4.69) is 9.97 Å². The van der Waals surface area contributed by atoms with E-state index >= 15 is 0 Å². The molecule has 0 aliphatic heterocycles. The third-order valence-corrected chi connectivity index (χ3v) is 4.08. The van der Waals surface area contributed by atoms with E-state index < -0.39 is 0 Å². The molecule has 0 atom stereocenters. The standard InChI is InChI=1S/C20H23N3O3/c1-4-26-18-11-14(9-10-17(18)25-3)12-23(2)20-15-7-5-6-8-16(15)21-19(13-24)22-20/h5-11,24H,4,12-13H2,1-3H3. The van der Waals surface area contributed by atoms with Crippen LogP contribution in [0, 0.1) is 0 Å². The minimum atomic E-state index is -0.192. The summed E-state index contributed by atoms with van der Waals surface area (Å²) in [5.74, 6) is 2.64. The largest absolute Gasteiger partial charge is 0.493 e. The van der Waals surface area contributed by atoms with Gasteiger partial charge in [-0.05, 0) is 36.8 Å². The van der Waals surface area contributed by atoms with Crippen molar-refractivity contribution in [3.05, 3.63) is 53.9 Å². The fourth-order valence-corrected chi connectivity index (χ4v) is 2.90. The summed E-state index contributed by atoms with van der Waals surface area (Å²) in [6.45, 7) is 2.96. The maximum absolute atomic E-state index is 9.47. The molecule has 0 aliphatic carbocycles. The maximum Gasteiger partial charge on any atom is 0.161 e. The van der Waals surface area contributed by atoms with Gasteiger partial charge >= 0.3 is 0 Å². The molecule has 1 N–H and O–H groups in total. The first kappa shape index (κ1) is 17.9. The van der Waals surface area contributed by atoms with Gasteiger partial charge in [0.05, 0.1) is 19.2 Å². The summed E-state index contributed by atoms with van der Waals surface area (Å²) >= 11 is 0. The van der Waals surface area contributed by atoms with Crippen LogP contribution in [0.3, 0.4) is 0 Å². The second kappa shape index (κ2) is 8.01. The molecule has 26 heavy (non-hydrogen) atoms. The summed E-state index contributed by atoms with van der Waals surface area (Å²) < 4.78 is 11.0. The highest BCUT2D eigenvalue weighted by molar-refractivity contribution is 5.89. The first-order valence-corrected chi connectivity index (χ1v) is 8.53. The summed E-state index contributed by atoms with van der Waals surface area (Å²) in [6, 6.07) is 13.7. The Balaban J connectivity index is 1.94. The molecule has 0 unspecified atom stereocenters. The Morgan fingerprint density at radius 3 is 2.62 bits per heavy atom. The zero-order valence-corrected chi connectivity index (χ0v) is 15.3. The minimum Gasteiger partial charge on any atom is -0.493 e. The summed E-state index contributed by atoms with van der Waals surface area (Å²) in [6.07, 6.45) is 0. The SMILES string of the molecule is CCOc1cc(CN(C)c2nc(CO)nc3ccccc23)ccc1OC. The highest BCUT2D eigenvalue weighted by atomic mass is 16.5. The number of nitrogens with zero attached hydrogens (tertiary/aromatic N) is 3. The van der Waals surface area contributed by atoms with Gasteiger partial charge in [0.25, 0.3) is 0 Å². The van der Waals surface area contributed by atoms with Crippen LogP contribution in [0.1, 0.15) is 18.3 Å². The number of methoxy groups -OCH3 is 1. The van der Waals surface area contributed by atoms with Crippen LogP contribution in [0.15, 0.2) is 42.5 Å². The van der Waals surface area contributed by atoms with Gasteiger partial charge in [-0.25, -0.2) is 9.97 Å². The molecule has 0 aliphatic rings. The number of hydrogen-bond acceptors (Lipinski definition) is 6. The smallest absolute Gasteiger partial charge is 0.161 e. The van der Waals surface area contributed by atoms with Gasteiger partial charge in [0, 0.05) is 19.0 Å². The Hall–Kier alpha value is -2.86. The lowest BCUT2D eigenvalue weighted by Gasteiger charge is -2.21. The predicted molar refractivity (Wildman–Crippen MR) is 102 cm³/mol. The second-order valence-electron chi connectivity index (χ2n) is 5.91. The van der Waals surface area contributed by atoms with E-state index in [9.17, 15) is 5.11 Å². The number of fused-ring (bicyclic) bond motifs is 1. The van der Waals surface area contributed by atoms with Crippen LogP contribution in [-0.4, -0.2) is 35.8 Å². The topological polar surface area (TPSA) is 67.7 Å². The van der Waals surface area contributed by atoms with Crippen molar-refractivity contribution in [3.8, 4) is 11.5 Å². The molecule has 0 bridgehead atoms. The number of anilines is 1. The van der Waals surface area contributed by atoms with E-state index in [1.54, 1.807) is 7.11 Å². The molecule has 3 aromatic rings. The van der Waals surface area contributed by atoms with Crippen molar-refractivity contribution in [2.45, 2.75) is 20.1 Å². The molecule has 1 aromatic heterocycles. The number of aliphatic hydroxyl groups is 1. The van der Waals surface area contributed by atoms with E-state index in [0.717, 1.165) is 28.0 Å². The molecular formula is C20H23N3O3. The van der Waals surface area contributed by atoms with Crippen molar-refractivity contribution in [1.29, 1.82) is 0 Å². The number of rotatable bonds is 7. The number of benzene rings is 2. The van der Waals surface area contributed by atoms with E-state index in [4.69, 9.17) is 9.47 Å². The molecular weight excluding hydrogens is 330 g/mol. The maximum atomic E-state index is 9.47. The Labute approximate surface area is 153 Å². The van der Waals surface area contributed by atoms with E-state index in [0.29, 0.717) is 24.7 Å². The fraction of sp³-hybridized carbons (Fsp3) is 0.300. The number of hydrogen-bond donors (Lipinski definition) is 1. The number of aliphatic hydroxyl groups excluding tert-OH is 1. The van der Waals surface area contributed by atoms with Crippen LogP contribution in [-0.2, 0) is 13.2 Å². The molecule has 6 nitrogen and oxygen atoms in total.